The van der Waals surface area contributed by atoms with Gasteiger partial charge in [-0.05, 0) is 64.8 Å². The van der Waals surface area contributed by atoms with Gasteiger partial charge in [-0.25, -0.2) is 0 Å². The van der Waals surface area contributed by atoms with Crippen LogP contribution in [-0.4, -0.2) is 6.54 Å². The quantitative estimate of drug-likeness (QED) is 0.747. The maximum Gasteiger partial charge on any atom is 0.0421 e. The molecule has 0 saturated heterocycles. The number of fused-ring (bicyclic) bond motifs is 1. The number of rotatable bonds is 6. The van der Waals surface area contributed by atoms with Crippen molar-refractivity contribution < 1.29 is 0 Å². The van der Waals surface area contributed by atoms with Crippen LogP contribution in [-0.2, 0) is 6.42 Å². The summed E-state index contributed by atoms with van der Waals surface area (Å²) in [6.07, 6.45) is 3.64. The van der Waals surface area contributed by atoms with E-state index in [-0.39, 0.29) is 0 Å². The molecule has 1 nitrogen and oxygen atoms in total. The van der Waals surface area contributed by atoms with Crippen molar-refractivity contribution in [3.8, 4) is 0 Å². The number of hydrogen-bond acceptors (Lipinski definition) is 2. The van der Waals surface area contributed by atoms with Gasteiger partial charge in [-0.3, -0.25) is 0 Å². The second-order valence-corrected chi connectivity index (χ2v) is 7.37. The highest BCUT2D eigenvalue weighted by molar-refractivity contribution is 9.10. The van der Waals surface area contributed by atoms with Crippen LogP contribution in [0.4, 0.5) is 0 Å². The zero-order valence-corrected chi connectivity index (χ0v) is 14.1. The molecule has 1 N–H and O–H groups in total. The third kappa shape index (κ3) is 3.00. The van der Waals surface area contributed by atoms with Gasteiger partial charge < -0.3 is 5.32 Å². The summed E-state index contributed by atoms with van der Waals surface area (Å²) in [5, 5.41) is 5.90. The lowest BCUT2D eigenvalue weighted by molar-refractivity contribution is 0.433. The van der Waals surface area contributed by atoms with Gasteiger partial charge in [0.2, 0.25) is 0 Å². The van der Waals surface area contributed by atoms with Crippen LogP contribution in [0.1, 0.15) is 47.7 Å². The Morgan fingerprint density at radius 3 is 2.95 bits per heavy atom. The SMILES string of the molecule is CCCNC(CC1Cc2ccccc21)c1cc(Br)cs1. The number of thiophene rings is 1. The summed E-state index contributed by atoms with van der Waals surface area (Å²) in [4.78, 5) is 1.45. The Morgan fingerprint density at radius 1 is 1.40 bits per heavy atom. The molecule has 1 aliphatic rings. The first-order valence-corrected chi connectivity index (χ1v) is 9.00. The van der Waals surface area contributed by atoms with E-state index >= 15 is 0 Å². The molecule has 1 aromatic heterocycles. The zero-order valence-electron chi connectivity index (χ0n) is 11.7. The lowest BCUT2D eigenvalue weighted by atomic mass is 9.74. The highest BCUT2D eigenvalue weighted by Crippen LogP contribution is 2.41. The van der Waals surface area contributed by atoms with Crippen molar-refractivity contribution in [1.82, 2.24) is 5.32 Å². The van der Waals surface area contributed by atoms with Crippen molar-refractivity contribution in [2.45, 2.75) is 38.1 Å². The lowest BCUT2D eigenvalue weighted by Gasteiger charge is -2.33. The van der Waals surface area contributed by atoms with Gasteiger partial charge in [0, 0.05) is 20.8 Å². The van der Waals surface area contributed by atoms with E-state index in [1.54, 1.807) is 11.1 Å². The van der Waals surface area contributed by atoms with Gasteiger partial charge >= 0.3 is 0 Å². The number of nitrogens with one attached hydrogen (secondary N) is 1. The third-order valence-corrected chi connectivity index (χ3v) is 5.86. The summed E-state index contributed by atoms with van der Waals surface area (Å²) in [5.74, 6) is 0.724. The Morgan fingerprint density at radius 2 is 2.25 bits per heavy atom. The fraction of sp³-hybridized carbons (Fsp3) is 0.412. The van der Waals surface area contributed by atoms with E-state index in [9.17, 15) is 0 Å². The molecule has 0 saturated carbocycles. The summed E-state index contributed by atoms with van der Waals surface area (Å²) < 4.78 is 1.20. The predicted molar refractivity (Wildman–Crippen MR) is 90.6 cm³/mol. The van der Waals surface area contributed by atoms with E-state index in [0.29, 0.717) is 6.04 Å². The van der Waals surface area contributed by atoms with Crippen LogP contribution in [0.5, 0.6) is 0 Å². The van der Waals surface area contributed by atoms with Gasteiger partial charge in [-0.15, -0.1) is 11.3 Å². The summed E-state index contributed by atoms with van der Waals surface area (Å²) in [6, 6.07) is 11.6. The molecule has 3 heteroatoms. The molecule has 1 heterocycles. The van der Waals surface area contributed by atoms with Gasteiger partial charge in [-0.1, -0.05) is 31.2 Å². The first-order chi connectivity index (χ1) is 9.78. The molecule has 1 aliphatic carbocycles. The molecule has 0 aliphatic heterocycles. The van der Waals surface area contributed by atoms with Crippen LogP contribution in [0.25, 0.3) is 0 Å². The minimum atomic E-state index is 0.490. The first kappa shape index (κ1) is 14.3. The van der Waals surface area contributed by atoms with Crippen molar-refractivity contribution in [1.29, 1.82) is 0 Å². The van der Waals surface area contributed by atoms with E-state index in [0.717, 1.165) is 12.5 Å². The Kier molecular flexibility index (Phi) is 4.59. The molecule has 1 aromatic carbocycles. The molecular formula is C17H20BrNS. The van der Waals surface area contributed by atoms with Crippen LogP contribution in [0, 0.1) is 0 Å². The Bertz CT molecular complexity index is 578. The summed E-state index contributed by atoms with van der Waals surface area (Å²) >= 11 is 5.43. The van der Waals surface area contributed by atoms with Crippen molar-refractivity contribution in [2.24, 2.45) is 0 Å². The molecule has 2 aromatic rings. The highest BCUT2D eigenvalue weighted by Gasteiger charge is 2.28. The minimum absolute atomic E-state index is 0.490. The number of hydrogen-bond donors (Lipinski definition) is 1. The maximum atomic E-state index is 3.72. The van der Waals surface area contributed by atoms with Crippen LogP contribution in [0.15, 0.2) is 40.2 Å². The van der Waals surface area contributed by atoms with Crippen LogP contribution in [0.3, 0.4) is 0 Å². The molecule has 2 atom stereocenters. The maximum absolute atomic E-state index is 3.72. The molecule has 106 valence electrons. The van der Waals surface area contributed by atoms with Crippen LogP contribution >= 0.6 is 27.3 Å². The normalized spacial score (nSPS) is 18.4. The fourth-order valence-corrected chi connectivity index (χ4v) is 4.52. The molecule has 2 unspecified atom stereocenters. The lowest BCUT2D eigenvalue weighted by Crippen LogP contribution is -2.27. The molecule has 0 fully saturated rings. The van der Waals surface area contributed by atoms with Crippen LogP contribution in [0.2, 0.25) is 0 Å². The summed E-state index contributed by atoms with van der Waals surface area (Å²) in [7, 11) is 0. The van der Waals surface area contributed by atoms with E-state index in [1.807, 2.05) is 11.3 Å². The van der Waals surface area contributed by atoms with Crippen molar-refractivity contribution in [3.05, 3.63) is 56.2 Å². The van der Waals surface area contributed by atoms with Crippen LogP contribution < -0.4 is 5.32 Å². The summed E-state index contributed by atoms with van der Waals surface area (Å²) in [6.45, 7) is 3.32. The van der Waals surface area contributed by atoms with Gasteiger partial charge in [0.1, 0.15) is 0 Å². The Labute approximate surface area is 133 Å². The molecular weight excluding hydrogens is 330 g/mol. The molecule has 0 amide bonds. The molecule has 20 heavy (non-hydrogen) atoms. The second-order valence-electron chi connectivity index (χ2n) is 5.51. The van der Waals surface area contributed by atoms with Crippen molar-refractivity contribution in [3.63, 3.8) is 0 Å². The Balaban J connectivity index is 1.71. The molecule has 3 rings (SSSR count). The molecule has 0 spiro atoms. The Hall–Kier alpha value is -0.640. The van der Waals surface area contributed by atoms with Gasteiger partial charge in [-0.2, -0.15) is 0 Å². The standard InChI is InChI=1S/C17H20BrNS/c1-2-7-19-16(17-10-14(18)11-20-17)9-13-8-12-5-3-4-6-15(12)13/h3-6,10-11,13,16,19H,2,7-9H2,1H3. The zero-order chi connectivity index (χ0) is 13.9. The third-order valence-electron chi connectivity index (χ3n) is 4.05. The van der Waals surface area contributed by atoms with E-state index < -0.39 is 0 Å². The van der Waals surface area contributed by atoms with E-state index in [2.05, 4.69) is 63.9 Å². The van der Waals surface area contributed by atoms with Gasteiger partial charge in [0.15, 0.2) is 0 Å². The number of benzene rings is 1. The highest BCUT2D eigenvalue weighted by atomic mass is 79.9. The van der Waals surface area contributed by atoms with E-state index in [4.69, 9.17) is 0 Å². The van der Waals surface area contributed by atoms with E-state index in [1.165, 1.54) is 28.6 Å². The topological polar surface area (TPSA) is 12.0 Å². The number of halogens is 1. The predicted octanol–water partition coefficient (Wildman–Crippen LogP) is 5.28. The largest absolute Gasteiger partial charge is 0.309 e. The van der Waals surface area contributed by atoms with Crippen molar-refractivity contribution in [2.75, 3.05) is 6.54 Å². The summed E-state index contributed by atoms with van der Waals surface area (Å²) in [5.41, 5.74) is 3.10. The first-order valence-electron chi connectivity index (χ1n) is 7.33. The fourth-order valence-electron chi connectivity index (χ4n) is 2.99. The smallest absolute Gasteiger partial charge is 0.0421 e. The average molecular weight is 350 g/mol. The van der Waals surface area contributed by atoms with Gasteiger partial charge in [0.25, 0.3) is 0 Å². The average Bonchev–Trinajstić information content (AvgIpc) is 2.86. The molecule has 0 radical (unpaired) electrons. The molecule has 0 bridgehead atoms. The monoisotopic (exact) mass is 349 g/mol. The van der Waals surface area contributed by atoms with Crippen molar-refractivity contribution >= 4 is 27.3 Å². The minimum Gasteiger partial charge on any atom is -0.309 e. The second kappa shape index (κ2) is 6.42. The van der Waals surface area contributed by atoms with Gasteiger partial charge in [0.05, 0.1) is 0 Å².